The predicted molar refractivity (Wildman–Crippen MR) is 76.5 cm³/mol. The van der Waals surface area contributed by atoms with Crippen LogP contribution in [0.15, 0.2) is 12.3 Å². The van der Waals surface area contributed by atoms with E-state index < -0.39 is 18.3 Å². The summed E-state index contributed by atoms with van der Waals surface area (Å²) in [5.74, 6) is 0.441. The van der Waals surface area contributed by atoms with Crippen molar-refractivity contribution in [3.05, 3.63) is 17.8 Å². The number of ether oxygens (including phenoxy) is 1. The number of ketones is 1. The minimum absolute atomic E-state index is 0.0962. The third-order valence-electron chi connectivity index (χ3n) is 3.98. The molecule has 0 N–H and O–H groups in total. The van der Waals surface area contributed by atoms with E-state index in [1.165, 1.54) is 14.0 Å². The normalized spacial score (nSPS) is 20.0. The molecule has 0 amide bonds. The van der Waals surface area contributed by atoms with Crippen molar-refractivity contribution in [2.75, 3.05) is 7.11 Å². The molecule has 0 radical (unpaired) electrons. The van der Waals surface area contributed by atoms with Crippen molar-refractivity contribution in [2.45, 2.75) is 45.8 Å². The average Bonchev–Trinajstić information content (AvgIpc) is 2.57. The molecule has 1 fully saturated rings. The van der Waals surface area contributed by atoms with Crippen LogP contribution in [0.3, 0.4) is 0 Å². The molecule has 0 aliphatic carbocycles. The average molecular weight is 277 g/mol. The van der Waals surface area contributed by atoms with Crippen LogP contribution in [-0.2, 0) is 9.31 Å². The number of nitrogens with zero attached hydrogens (tertiary/aromatic N) is 1. The van der Waals surface area contributed by atoms with Crippen LogP contribution in [0.1, 0.15) is 45.0 Å². The molecular formula is C14H20BNO4. The molecular weight excluding hydrogens is 257 g/mol. The van der Waals surface area contributed by atoms with Gasteiger partial charge in [0.05, 0.1) is 30.1 Å². The Balaban J connectivity index is 2.42. The van der Waals surface area contributed by atoms with Crippen LogP contribution in [0.25, 0.3) is 0 Å². The van der Waals surface area contributed by atoms with Crippen molar-refractivity contribution in [1.82, 2.24) is 4.98 Å². The summed E-state index contributed by atoms with van der Waals surface area (Å²) in [5, 5.41) is 0. The van der Waals surface area contributed by atoms with Crippen molar-refractivity contribution >= 4 is 18.5 Å². The highest BCUT2D eigenvalue weighted by Gasteiger charge is 2.53. The Labute approximate surface area is 119 Å². The number of rotatable bonds is 3. The number of carbonyl (C=O) groups excluding carboxylic acids is 1. The molecule has 0 aromatic carbocycles. The maximum Gasteiger partial charge on any atom is 0.515 e. The lowest BCUT2D eigenvalue weighted by Gasteiger charge is -2.32. The summed E-state index contributed by atoms with van der Waals surface area (Å²) in [4.78, 5) is 16.1. The van der Waals surface area contributed by atoms with Gasteiger partial charge in [-0.25, -0.2) is 0 Å². The molecule has 0 atom stereocenters. The van der Waals surface area contributed by atoms with Gasteiger partial charge in [-0.3, -0.25) is 9.78 Å². The highest BCUT2D eigenvalue weighted by molar-refractivity contribution is 6.62. The number of carbonyl (C=O) groups is 1. The third-order valence-corrected chi connectivity index (χ3v) is 3.98. The fraction of sp³-hybridized carbons (Fsp3) is 0.571. The Morgan fingerprint density at radius 3 is 2.25 bits per heavy atom. The summed E-state index contributed by atoms with van der Waals surface area (Å²) in [6.45, 7) is 9.34. The standard InChI is InChI=1S/C14H20BNO4/c1-9(17)11-7-10(18-6)8-16-12(11)15-19-13(2,3)14(4,5)20-15/h7-8H,1-6H3. The van der Waals surface area contributed by atoms with Crippen molar-refractivity contribution in [2.24, 2.45) is 0 Å². The fourth-order valence-corrected chi connectivity index (χ4v) is 1.99. The molecule has 1 aromatic heterocycles. The van der Waals surface area contributed by atoms with Gasteiger partial charge in [-0.05, 0) is 40.7 Å². The van der Waals surface area contributed by atoms with Crippen LogP contribution in [0.4, 0.5) is 0 Å². The van der Waals surface area contributed by atoms with Gasteiger partial charge in [0.15, 0.2) is 5.78 Å². The highest BCUT2D eigenvalue weighted by Crippen LogP contribution is 2.36. The van der Waals surface area contributed by atoms with Crippen LogP contribution in [0.5, 0.6) is 5.75 Å². The number of pyridine rings is 1. The summed E-state index contributed by atoms with van der Waals surface area (Å²) >= 11 is 0. The van der Waals surface area contributed by atoms with E-state index in [2.05, 4.69) is 4.98 Å². The molecule has 0 unspecified atom stereocenters. The molecule has 0 bridgehead atoms. The van der Waals surface area contributed by atoms with Gasteiger partial charge in [-0.15, -0.1) is 0 Å². The Hall–Kier alpha value is -1.40. The van der Waals surface area contributed by atoms with E-state index >= 15 is 0 Å². The Morgan fingerprint density at radius 2 is 1.80 bits per heavy atom. The van der Waals surface area contributed by atoms with E-state index in [0.717, 1.165) is 0 Å². The van der Waals surface area contributed by atoms with Gasteiger partial charge in [-0.1, -0.05) is 0 Å². The van der Waals surface area contributed by atoms with E-state index in [1.807, 2.05) is 27.7 Å². The Kier molecular flexibility index (Phi) is 3.65. The molecule has 1 aliphatic heterocycles. The van der Waals surface area contributed by atoms with Gasteiger partial charge in [-0.2, -0.15) is 0 Å². The first-order valence-electron chi connectivity index (χ1n) is 6.58. The third kappa shape index (κ3) is 2.45. The second-order valence-electron chi connectivity index (χ2n) is 5.95. The van der Waals surface area contributed by atoms with Crippen LogP contribution >= 0.6 is 0 Å². The molecule has 0 saturated carbocycles. The van der Waals surface area contributed by atoms with Gasteiger partial charge in [0.1, 0.15) is 5.75 Å². The first kappa shape index (κ1) is 15.0. The van der Waals surface area contributed by atoms with Crippen LogP contribution in [-0.4, -0.2) is 36.2 Å². The lowest BCUT2D eigenvalue weighted by molar-refractivity contribution is 0.00578. The monoisotopic (exact) mass is 277 g/mol. The topological polar surface area (TPSA) is 57.6 Å². The molecule has 6 heteroatoms. The largest absolute Gasteiger partial charge is 0.515 e. The van der Waals surface area contributed by atoms with Gasteiger partial charge in [0.2, 0.25) is 0 Å². The minimum Gasteiger partial charge on any atom is -0.495 e. The molecule has 2 heterocycles. The number of hydrogen-bond donors (Lipinski definition) is 0. The van der Waals surface area contributed by atoms with E-state index in [4.69, 9.17) is 14.0 Å². The number of hydrogen-bond acceptors (Lipinski definition) is 5. The van der Waals surface area contributed by atoms with Crippen molar-refractivity contribution in [1.29, 1.82) is 0 Å². The van der Waals surface area contributed by atoms with Crippen molar-refractivity contribution < 1.29 is 18.8 Å². The zero-order valence-corrected chi connectivity index (χ0v) is 12.8. The number of Topliss-reactive ketones (excluding diaryl/α,β-unsaturated/α-hetero) is 1. The van der Waals surface area contributed by atoms with E-state index in [0.29, 0.717) is 16.9 Å². The first-order chi connectivity index (χ1) is 9.18. The summed E-state index contributed by atoms with van der Waals surface area (Å²) < 4.78 is 17.0. The van der Waals surface area contributed by atoms with Crippen LogP contribution in [0.2, 0.25) is 0 Å². The molecule has 1 saturated heterocycles. The number of aromatic nitrogens is 1. The first-order valence-corrected chi connectivity index (χ1v) is 6.58. The SMILES string of the molecule is COc1cnc(B2OC(C)(C)C(C)(C)O2)c(C(C)=O)c1. The second-order valence-corrected chi connectivity index (χ2v) is 5.95. The summed E-state index contributed by atoms with van der Waals surface area (Å²) in [6, 6.07) is 1.66. The molecule has 5 nitrogen and oxygen atoms in total. The van der Waals surface area contributed by atoms with Crippen molar-refractivity contribution in [3.8, 4) is 5.75 Å². The quantitative estimate of drug-likeness (QED) is 0.620. The summed E-state index contributed by atoms with van der Waals surface area (Å²) in [7, 11) is 0.889. The van der Waals surface area contributed by atoms with E-state index in [9.17, 15) is 4.79 Å². The second kappa shape index (κ2) is 4.86. The Bertz CT molecular complexity index is 526. The highest BCUT2D eigenvalue weighted by atomic mass is 16.7. The molecule has 0 spiro atoms. The van der Waals surface area contributed by atoms with Crippen LogP contribution in [0, 0.1) is 0 Å². The maximum absolute atomic E-state index is 11.8. The molecule has 108 valence electrons. The van der Waals surface area contributed by atoms with Crippen LogP contribution < -0.4 is 10.3 Å². The lowest BCUT2D eigenvalue weighted by atomic mass is 9.80. The molecule has 1 aliphatic rings. The van der Waals surface area contributed by atoms with Crippen molar-refractivity contribution in [3.63, 3.8) is 0 Å². The van der Waals surface area contributed by atoms with Gasteiger partial charge >= 0.3 is 7.12 Å². The smallest absolute Gasteiger partial charge is 0.495 e. The molecule has 20 heavy (non-hydrogen) atoms. The van der Waals surface area contributed by atoms with Gasteiger partial charge in [0, 0.05) is 5.56 Å². The number of methoxy groups -OCH3 is 1. The van der Waals surface area contributed by atoms with E-state index in [-0.39, 0.29) is 5.78 Å². The zero-order valence-electron chi connectivity index (χ0n) is 12.8. The summed E-state index contributed by atoms with van der Waals surface area (Å²) in [6.07, 6.45) is 1.56. The predicted octanol–water partition coefficient (Wildman–Crippen LogP) is 1.59. The summed E-state index contributed by atoms with van der Waals surface area (Å²) in [5.41, 5.74) is 0.0283. The minimum atomic E-state index is -0.648. The molecule has 2 rings (SSSR count). The lowest BCUT2D eigenvalue weighted by Crippen LogP contribution is -2.41. The van der Waals surface area contributed by atoms with Gasteiger partial charge in [0.25, 0.3) is 0 Å². The molecule has 1 aromatic rings. The maximum atomic E-state index is 11.8. The fourth-order valence-electron chi connectivity index (χ4n) is 1.99. The zero-order chi connectivity index (χ0) is 15.1. The Morgan fingerprint density at radius 1 is 1.25 bits per heavy atom. The van der Waals surface area contributed by atoms with Gasteiger partial charge < -0.3 is 14.0 Å². The van der Waals surface area contributed by atoms with E-state index in [1.54, 1.807) is 12.3 Å².